The molecule has 0 fully saturated rings. The SMILES string of the molecule is COc1cc(C(C)NCCCC(C)C)ccc1F. The molecular formula is C15H24FNO. The molecule has 0 spiro atoms. The minimum atomic E-state index is -0.312. The monoisotopic (exact) mass is 253 g/mol. The summed E-state index contributed by atoms with van der Waals surface area (Å²) in [6, 6.07) is 5.24. The van der Waals surface area contributed by atoms with Crippen LogP contribution in [0.3, 0.4) is 0 Å². The maximum Gasteiger partial charge on any atom is 0.165 e. The molecule has 18 heavy (non-hydrogen) atoms. The zero-order valence-electron chi connectivity index (χ0n) is 11.8. The Morgan fingerprint density at radius 2 is 2.00 bits per heavy atom. The van der Waals surface area contributed by atoms with Crippen molar-refractivity contribution in [3.8, 4) is 5.75 Å². The van der Waals surface area contributed by atoms with Gasteiger partial charge in [0, 0.05) is 6.04 Å². The van der Waals surface area contributed by atoms with Gasteiger partial charge in [-0.15, -0.1) is 0 Å². The van der Waals surface area contributed by atoms with Crippen LogP contribution in [0.5, 0.6) is 5.75 Å². The Morgan fingerprint density at radius 3 is 2.61 bits per heavy atom. The van der Waals surface area contributed by atoms with E-state index in [1.165, 1.54) is 26.0 Å². The third-order valence-corrected chi connectivity index (χ3v) is 3.08. The smallest absolute Gasteiger partial charge is 0.165 e. The maximum atomic E-state index is 13.3. The van der Waals surface area contributed by atoms with Crippen molar-refractivity contribution in [2.24, 2.45) is 5.92 Å². The number of hydrogen-bond donors (Lipinski definition) is 1. The van der Waals surface area contributed by atoms with Crippen molar-refractivity contribution in [1.82, 2.24) is 5.32 Å². The van der Waals surface area contributed by atoms with Crippen LogP contribution in [0.1, 0.15) is 45.2 Å². The summed E-state index contributed by atoms with van der Waals surface area (Å²) >= 11 is 0. The molecule has 0 bridgehead atoms. The van der Waals surface area contributed by atoms with Crippen LogP contribution in [0.15, 0.2) is 18.2 Å². The average molecular weight is 253 g/mol. The Balaban J connectivity index is 2.48. The summed E-state index contributed by atoms with van der Waals surface area (Å²) in [6.45, 7) is 7.53. The van der Waals surface area contributed by atoms with Crippen LogP contribution in [0, 0.1) is 11.7 Å². The second-order valence-corrected chi connectivity index (χ2v) is 5.11. The molecule has 1 N–H and O–H groups in total. The normalized spacial score (nSPS) is 12.8. The number of rotatable bonds is 7. The third kappa shape index (κ3) is 4.65. The summed E-state index contributed by atoms with van der Waals surface area (Å²) in [5.74, 6) is 0.740. The largest absolute Gasteiger partial charge is 0.494 e. The van der Waals surface area contributed by atoms with Gasteiger partial charge in [0.2, 0.25) is 0 Å². The van der Waals surface area contributed by atoms with Crippen LogP contribution in [0.25, 0.3) is 0 Å². The number of halogens is 1. The molecule has 1 unspecified atom stereocenters. The highest BCUT2D eigenvalue weighted by atomic mass is 19.1. The predicted octanol–water partition coefficient (Wildman–Crippen LogP) is 3.92. The average Bonchev–Trinajstić information content (AvgIpc) is 2.34. The molecule has 1 aromatic carbocycles. The second kappa shape index (κ2) is 7.37. The van der Waals surface area contributed by atoms with Crippen molar-refractivity contribution in [1.29, 1.82) is 0 Å². The van der Waals surface area contributed by atoms with Gasteiger partial charge in [0.15, 0.2) is 11.6 Å². The van der Waals surface area contributed by atoms with E-state index in [0.717, 1.165) is 18.0 Å². The number of methoxy groups -OCH3 is 1. The number of nitrogens with one attached hydrogen (secondary N) is 1. The summed E-state index contributed by atoms with van der Waals surface area (Å²) in [7, 11) is 1.49. The van der Waals surface area contributed by atoms with E-state index in [2.05, 4.69) is 26.1 Å². The van der Waals surface area contributed by atoms with E-state index in [0.29, 0.717) is 5.75 Å². The van der Waals surface area contributed by atoms with Gasteiger partial charge in [-0.3, -0.25) is 0 Å². The molecular weight excluding hydrogens is 229 g/mol. The Bertz CT molecular complexity index is 366. The van der Waals surface area contributed by atoms with Gasteiger partial charge in [-0.1, -0.05) is 19.9 Å². The quantitative estimate of drug-likeness (QED) is 0.744. The number of ether oxygens (including phenoxy) is 1. The Morgan fingerprint density at radius 1 is 1.28 bits per heavy atom. The Kier molecular flexibility index (Phi) is 6.13. The van der Waals surface area contributed by atoms with E-state index in [1.54, 1.807) is 12.1 Å². The summed E-state index contributed by atoms with van der Waals surface area (Å²) in [6.07, 6.45) is 2.40. The summed E-state index contributed by atoms with van der Waals surface area (Å²) < 4.78 is 18.3. The topological polar surface area (TPSA) is 21.3 Å². The van der Waals surface area contributed by atoms with E-state index in [1.807, 2.05) is 0 Å². The van der Waals surface area contributed by atoms with Crippen molar-refractivity contribution in [3.05, 3.63) is 29.6 Å². The fourth-order valence-corrected chi connectivity index (χ4v) is 1.89. The molecule has 2 nitrogen and oxygen atoms in total. The van der Waals surface area contributed by atoms with Crippen molar-refractivity contribution >= 4 is 0 Å². The molecule has 3 heteroatoms. The fourth-order valence-electron chi connectivity index (χ4n) is 1.89. The highest BCUT2D eigenvalue weighted by molar-refractivity contribution is 5.31. The molecule has 102 valence electrons. The lowest BCUT2D eigenvalue weighted by atomic mass is 10.1. The Labute approximate surface area is 110 Å². The maximum absolute atomic E-state index is 13.3. The van der Waals surface area contributed by atoms with Crippen LogP contribution < -0.4 is 10.1 Å². The van der Waals surface area contributed by atoms with Crippen molar-refractivity contribution in [2.75, 3.05) is 13.7 Å². The zero-order chi connectivity index (χ0) is 13.5. The van der Waals surface area contributed by atoms with E-state index in [4.69, 9.17) is 4.74 Å². The number of hydrogen-bond acceptors (Lipinski definition) is 2. The molecule has 0 radical (unpaired) electrons. The summed E-state index contributed by atoms with van der Waals surface area (Å²) in [5, 5.41) is 3.45. The molecule has 0 saturated heterocycles. The van der Waals surface area contributed by atoms with Crippen LogP contribution >= 0.6 is 0 Å². The summed E-state index contributed by atoms with van der Waals surface area (Å²) in [5.41, 5.74) is 1.05. The van der Waals surface area contributed by atoms with Crippen LogP contribution in [0.4, 0.5) is 4.39 Å². The number of benzene rings is 1. The van der Waals surface area contributed by atoms with Gasteiger partial charge in [-0.25, -0.2) is 4.39 Å². The van der Waals surface area contributed by atoms with Crippen molar-refractivity contribution in [3.63, 3.8) is 0 Å². The van der Waals surface area contributed by atoms with Crippen molar-refractivity contribution < 1.29 is 9.13 Å². The van der Waals surface area contributed by atoms with Gasteiger partial charge < -0.3 is 10.1 Å². The van der Waals surface area contributed by atoms with Crippen molar-refractivity contribution in [2.45, 2.75) is 39.7 Å². The van der Waals surface area contributed by atoms with Gasteiger partial charge in [-0.05, 0) is 49.9 Å². The zero-order valence-corrected chi connectivity index (χ0v) is 11.8. The first-order valence-corrected chi connectivity index (χ1v) is 6.61. The molecule has 0 aliphatic carbocycles. The molecule has 0 heterocycles. The standard InChI is InChI=1S/C15H24FNO/c1-11(2)6-5-9-17-12(3)13-7-8-14(16)15(10-13)18-4/h7-8,10-12,17H,5-6,9H2,1-4H3. The van der Waals surface area contributed by atoms with Crippen LogP contribution in [-0.2, 0) is 0 Å². The van der Waals surface area contributed by atoms with E-state index in [9.17, 15) is 4.39 Å². The van der Waals surface area contributed by atoms with Gasteiger partial charge >= 0.3 is 0 Å². The van der Waals surface area contributed by atoms with Gasteiger partial charge in [0.05, 0.1) is 7.11 Å². The molecule has 1 rings (SSSR count). The van der Waals surface area contributed by atoms with E-state index >= 15 is 0 Å². The predicted molar refractivity (Wildman–Crippen MR) is 73.4 cm³/mol. The molecule has 1 atom stereocenters. The first-order chi connectivity index (χ1) is 8.54. The first kappa shape index (κ1) is 15.0. The lowest BCUT2D eigenvalue weighted by Gasteiger charge is -2.15. The fraction of sp³-hybridized carbons (Fsp3) is 0.600. The third-order valence-electron chi connectivity index (χ3n) is 3.08. The van der Waals surface area contributed by atoms with Gasteiger partial charge in [-0.2, -0.15) is 0 Å². The highest BCUT2D eigenvalue weighted by Gasteiger charge is 2.09. The van der Waals surface area contributed by atoms with E-state index in [-0.39, 0.29) is 11.9 Å². The molecule has 0 amide bonds. The molecule has 0 aliphatic rings. The first-order valence-electron chi connectivity index (χ1n) is 6.61. The molecule has 0 aromatic heterocycles. The molecule has 0 saturated carbocycles. The minimum absolute atomic E-state index is 0.215. The van der Waals surface area contributed by atoms with E-state index < -0.39 is 0 Å². The van der Waals surface area contributed by atoms with Crippen LogP contribution in [0.2, 0.25) is 0 Å². The van der Waals surface area contributed by atoms with Gasteiger partial charge in [0.1, 0.15) is 0 Å². The lowest BCUT2D eigenvalue weighted by Crippen LogP contribution is -2.20. The lowest BCUT2D eigenvalue weighted by molar-refractivity contribution is 0.385. The molecule has 0 aliphatic heterocycles. The minimum Gasteiger partial charge on any atom is -0.494 e. The Hall–Kier alpha value is -1.09. The van der Waals surface area contributed by atoms with Crippen LogP contribution in [-0.4, -0.2) is 13.7 Å². The van der Waals surface area contributed by atoms with Gasteiger partial charge in [0.25, 0.3) is 0 Å². The summed E-state index contributed by atoms with van der Waals surface area (Å²) in [4.78, 5) is 0. The second-order valence-electron chi connectivity index (χ2n) is 5.11. The molecule has 1 aromatic rings. The highest BCUT2D eigenvalue weighted by Crippen LogP contribution is 2.22.